The van der Waals surface area contributed by atoms with Crippen molar-refractivity contribution >= 4 is 22.6 Å². The van der Waals surface area contributed by atoms with E-state index in [1.165, 1.54) is 12.0 Å². The summed E-state index contributed by atoms with van der Waals surface area (Å²) in [5, 5.41) is 0. The standard InChI is InChI=1S/C5H5I/c6-4-5-2-1-3-5/h1H,2,4H2. The first kappa shape index (κ1) is 4.41. The average molecular weight is 192 g/mol. The maximum Gasteiger partial charge on any atom is 0.0285 e. The topological polar surface area (TPSA) is 0 Å². The lowest BCUT2D eigenvalue weighted by Gasteiger charge is -1.98. The highest BCUT2D eigenvalue weighted by Gasteiger charge is 1.94. The minimum atomic E-state index is 1.16. The molecule has 1 heteroatoms. The molecule has 6 heavy (non-hydrogen) atoms. The van der Waals surface area contributed by atoms with Crippen molar-refractivity contribution in [1.29, 1.82) is 0 Å². The molecule has 0 bridgehead atoms. The molecule has 0 heterocycles. The van der Waals surface area contributed by atoms with E-state index < -0.39 is 0 Å². The molecule has 0 aromatic rings. The van der Waals surface area contributed by atoms with Crippen molar-refractivity contribution in [2.75, 3.05) is 4.43 Å². The SMILES string of the molecule is ICC1=C=CC1. The molecule has 1 rings (SSSR count). The van der Waals surface area contributed by atoms with Crippen LogP contribution in [-0.2, 0) is 0 Å². The molecule has 0 radical (unpaired) electrons. The predicted molar refractivity (Wildman–Crippen MR) is 35.1 cm³/mol. The van der Waals surface area contributed by atoms with Crippen molar-refractivity contribution in [3.8, 4) is 0 Å². The van der Waals surface area contributed by atoms with Crippen molar-refractivity contribution < 1.29 is 0 Å². The van der Waals surface area contributed by atoms with E-state index in [1.54, 1.807) is 0 Å². The van der Waals surface area contributed by atoms with Gasteiger partial charge in [0.1, 0.15) is 0 Å². The maximum absolute atomic E-state index is 3.08. The summed E-state index contributed by atoms with van der Waals surface area (Å²) in [4.78, 5) is 0. The first-order chi connectivity index (χ1) is 2.93. The van der Waals surface area contributed by atoms with Gasteiger partial charge in [0.05, 0.1) is 0 Å². The third-order valence-corrected chi connectivity index (χ3v) is 1.74. The molecule has 1 aliphatic rings. The number of hydrogen-bond donors (Lipinski definition) is 0. The Bertz CT molecular complexity index is 107. The van der Waals surface area contributed by atoms with Gasteiger partial charge in [-0.2, -0.15) is 0 Å². The van der Waals surface area contributed by atoms with Gasteiger partial charge in [-0.3, -0.25) is 0 Å². The van der Waals surface area contributed by atoms with Gasteiger partial charge in [-0.15, -0.1) is 5.73 Å². The van der Waals surface area contributed by atoms with Crippen LogP contribution in [0.4, 0.5) is 0 Å². The Morgan fingerprint density at radius 2 is 2.67 bits per heavy atom. The monoisotopic (exact) mass is 192 g/mol. The molecule has 0 spiro atoms. The summed E-state index contributed by atoms with van der Waals surface area (Å²) >= 11 is 2.35. The van der Waals surface area contributed by atoms with Crippen LogP contribution in [0.3, 0.4) is 0 Å². The van der Waals surface area contributed by atoms with Crippen LogP contribution in [0.1, 0.15) is 6.42 Å². The van der Waals surface area contributed by atoms with Gasteiger partial charge in [-0.1, -0.05) is 22.6 Å². The molecule has 0 aromatic heterocycles. The molecule has 0 amide bonds. The Hall–Kier alpha value is 0.250. The van der Waals surface area contributed by atoms with Crippen LogP contribution in [0.15, 0.2) is 17.4 Å². The van der Waals surface area contributed by atoms with E-state index >= 15 is 0 Å². The molecule has 0 saturated carbocycles. The van der Waals surface area contributed by atoms with E-state index in [0.29, 0.717) is 0 Å². The normalized spacial score (nSPS) is 16.5. The molecule has 0 atom stereocenters. The van der Waals surface area contributed by atoms with Gasteiger partial charge >= 0.3 is 0 Å². The number of rotatable bonds is 1. The Labute approximate surface area is 51.1 Å². The van der Waals surface area contributed by atoms with Crippen LogP contribution < -0.4 is 0 Å². The summed E-state index contributed by atoms with van der Waals surface area (Å²) in [6.07, 6.45) is 3.25. The molecule has 0 aliphatic heterocycles. The molecule has 0 N–H and O–H groups in total. The Balaban J connectivity index is 2.54. The Morgan fingerprint density at radius 3 is 2.67 bits per heavy atom. The Morgan fingerprint density at radius 1 is 2.00 bits per heavy atom. The van der Waals surface area contributed by atoms with Gasteiger partial charge in [0, 0.05) is 10.8 Å². The fourth-order valence-electron chi connectivity index (χ4n) is 0.340. The van der Waals surface area contributed by atoms with Gasteiger partial charge < -0.3 is 0 Å². The maximum atomic E-state index is 3.08. The number of halogens is 1. The third kappa shape index (κ3) is 0.660. The fraction of sp³-hybridized carbons (Fsp3) is 0.400. The van der Waals surface area contributed by atoms with Gasteiger partial charge in [-0.25, -0.2) is 0 Å². The van der Waals surface area contributed by atoms with Crippen molar-refractivity contribution in [3.63, 3.8) is 0 Å². The summed E-state index contributed by atoms with van der Waals surface area (Å²) in [5.74, 6) is 0. The molecule has 0 saturated heterocycles. The molecular weight excluding hydrogens is 187 g/mol. The van der Waals surface area contributed by atoms with Gasteiger partial charge in [0.25, 0.3) is 0 Å². The molecule has 0 unspecified atom stereocenters. The first-order valence-corrected chi connectivity index (χ1v) is 3.45. The van der Waals surface area contributed by atoms with E-state index in [4.69, 9.17) is 0 Å². The van der Waals surface area contributed by atoms with Crippen LogP contribution in [0.2, 0.25) is 0 Å². The summed E-state index contributed by atoms with van der Waals surface area (Å²) in [6.45, 7) is 0. The van der Waals surface area contributed by atoms with Crippen LogP contribution in [0.25, 0.3) is 0 Å². The van der Waals surface area contributed by atoms with E-state index in [0.717, 1.165) is 4.43 Å². The zero-order valence-electron chi connectivity index (χ0n) is 3.37. The molecule has 1 aliphatic carbocycles. The smallest absolute Gasteiger partial charge is 0.0285 e. The second-order valence-electron chi connectivity index (χ2n) is 1.29. The van der Waals surface area contributed by atoms with E-state index in [1.807, 2.05) is 0 Å². The minimum Gasteiger partial charge on any atom is -0.125 e. The molecule has 32 valence electrons. The molecule has 0 fully saturated rings. The highest BCUT2D eigenvalue weighted by Crippen LogP contribution is 2.10. The van der Waals surface area contributed by atoms with Crippen LogP contribution in [0.5, 0.6) is 0 Å². The largest absolute Gasteiger partial charge is 0.125 e. The first-order valence-electron chi connectivity index (χ1n) is 1.92. The summed E-state index contributed by atoms with van der Waals surface area (Å²) in [5.41, 5.74) is 4.53. The zero-order chi connectivity index (χ0) is 4.41. The second-order valence-corrected chi connectivity index (χ2v) is 2.05. The highest BCUT2D eigenvalue weighted by molar-refractivity contribution is 14.1. The predicted octanol–water partition coefficient (Wildman–Crippen LogP) is 1.91. The second kappa shape index (κ2) is 1.80. The van der Waals surface area contributed by atoms with Crippen LogP contribution in [-0.4, -0.2) is 4.43 Å². The van der Waals surface area contributed by atoms with Gasteiger partial charge in [-0.05, 0) is 11.6 Å². The summed E-state index contributed by atoms with van der Waals surface area (Å²) in [7, 11) is 0. The number of alkyl halides is 1. The summed E-state index contributed by atoms with van der Waals surface area (Å²) < 4.78 is 1.16. The highest BCUT2D eigenvalue weighted by atomic mass is 127. The van der Waals surface area contributed by atoms with Crippen LogP contribution in [0, 0.1) is 0 Å². The van der Waals surface area contributed by atoms with Crippen molar-refractivity contribution in [3.05, 3.63) is 17.4 Å². The number of hydrogen-bond acceptors (Lipinski definition) is 0. The van der Waals surface area contributed by atoms with E-state index in [2.05, 4.69) is 34.4 Å². The Kier molecular flexibility index (Phi) is 1.33. The van der Waals surface area contributed by atoms with E-state index in [9.17, 15) is 0 Å². The molecular formula is C5H5I. The van der Waals surface area contributed by atoms with E-state index in [-0.39, 0.29) is 0 Å². The fourth-order valence-corrected chi connectivity index (χ4v) is 0.871. The van der Waals surface area contributed by atoms with Crippen molar-refractivity contribution in [2.45, 2.75) is 6.42 Å². The quantitative estimate of drug-likeness (QED) is 0.338. The molecule has 0 nitrogen and oxygen atoms in total. The summed E-state index contributed by atoms with van der Waals surface area (Å²) in [6, 6.07) is 0. The molecule has 0 aromatic carbocycles. The zero-order valence-corrected chi connectivity index (χ0v) is 5.53. The van der Waals surface area contributed by atoms with Gasteiger partial charge in [0.15, 0.2) is 0 Å². The van der Waals surface area contributed by atoms with Gasteiger partial charge in [0.2, 0.25) is 0 Å². The average Bonchev–Trinajstić information content (AvgIpc) is 1.31. The third-order valence-electron chi connectivity index (χ3n) is 0.816. The number of allylic oxidation sites excluding steroid dienone is 1. The lowest BCUT2D eigenvalue weighted by Crippen LogP contribution is -1.84. The van der Waals surface area contributed by atoms with Crippen LogP contribution >= 0.6 is 22.6 Å². The van der Waals surface area contributed by atoms with Crippen molar-refractivity contribution in [2.24, 2.45) is 0 Å². The minimum absolute atomic E-state index is 1.16. The lowest BCUT2D eigenvalue weighted by molar-refractivity contribution is 1.18. The van der Waals surface area contributed by atoms with Crippen molar-refractivity contribution in [1.82, 2.24) is 0 Å². The lowest BCUT2D eigenvalue weighted by atomic mass is 10.1.